The van der Waals surface area contributed by atoms with Crippen LogP contribution in [0.4, 0.5) is 5.69 Å². The molecule has 0 fully saturated rings. The molecule has 1 aromatic rings. The quantitative estimate of drug-likeness (QED) is 0.533. The van der Waals surface area contributed by atoms with E-state index in [1.165, 1.54) is 7.11 Å². The van der Waals surface area contributed by atoms with Crippen molar-refractivity contribution in [3.8, 4) is 0 Å². The highest BCUT2D eigenvalue weighted by atomic mass is 16.5. The molecule has 0 aliphatic carbocycles. The van der Waals surface area contributed by atoms with Gasteiger partial charge in [-0.25, -0.2) is 0 Å². The standard InChI is InChI=1S/C10H18N4O3/c1-6-8(11)9(14-13-6)10(16)12-7(3-4-15)5-17-2/h7,15H,3-5,11H2,1-2H3,(H,12,16)(H,13,14). The number of amides is 1. The number of aryl methyl sites for hydroxylation is 1. The third kappa shape index (κ3) is 3.43. The van der Waals surface area contributed by atoms with Gasteiger partial charge in [-0.1, -0.05) is 0 Å². The number of rotatable bonds is 6. The van der Waals surface area contributed by atoms with Crippen molar-refractivity contribution in [1.82, 2.24) is 15.5 Å². The summed E-state index contributed by atoms with van der Waals surface area (Å²) in [5.41, 5.74) is 6.85. The van der Waals surface area contributed by atoms with Gasteiger partial charge in [0.25, 0.3) is 5.91 Å². The first-order valence-electron chi connectivity index (χ1n) is 5.31. The largest absolute Gasteiger partial charge is 0.396 e. The van der Waals surface area contributed by atoms with Gasteiger partial charge >= 0.3 is 0 Å². The Morgan fingerprint density at radius 3 is 2.88 bits per heavy atom. The number of nitrogen functional groups attached to an aromatic ring is 1. The maximum absolute atomic E-state index is 11.8. The number of carbonyl (C=O) groups is 1. The van der Waals surface area contributed by atoms with E-state index in [-0.39, 0.29) is 24.2 Å². The predicted molar refractivity (Wildman–Crippen MR) is 62.6 cm³/mol. The monoisotopic (exact) mass is 242 g/mol. The lowest BCUT2D eigenvalue weighted by molar-refractivity contribution is 0.0874. The van der Waals surface area contributed by atoms with Gasteiger partial charge in [-0.05, 0) is 13.3 Å². The van der Waals surface area contributed by atoms with Crippen molar-refractivity contribution in [1.29, 1.82) is 0 Å². The lowest BCUT2D eigenvalue weighted by Gasteiger charge is -2.16. The molecule has 96 valence electrons. The van der Waals surface area contributed by atoms with Crippen LogP contribution >= 0.6 is 0 Å². The molecule has 1 atom stereocenters. The van der Waals surface area contributed by atoms with Gasteiger partial charge in [0.2, 0.25) is 0 Å². The zero-order valence-electron chi connectivity index (χ0n) is 9.99. The minimum atomic E-state index is -0.373. The number of anilines is 1. The van der Waals surface area contributed by atoms with Crippen LogP contribution in [0.5, 0.6) is 0 Å². The number of nitrogens with zero attached hydrogens (tertiary/aromatic N) is 1. The van der Waals surface area contributed by atoms with Crippen LogP contribution in [-0.2, 0) is 4.74 Å². The Labute approximate surface area is 99.3 Å². The Hall–Kier alpha value is -1.60. The second kappa shape index (κ2) is 6.21. The van der Waals surface area contributed by atoms with Crippen molar-refractivity contribution in [2.45, 2.75) is 19.4 Å². The Morgan fingerprint density at radius 1 is 1.71 bits per heavy atom. The molecule has 0 spiro atoms. The van der Waals surface area contributed by atoms with Crippen LogP contribution < -0.4 is 11.1 Å². The number of aliphatic hydroxyl groups excluding tert-OH is 1. The number of methoxy groups -OCH3 is 1. The lowest BCUT2D eigenvalue weighted by atomic mass is 10.2. The Kier molecular flexibility index (Phi) is 4.92. The van der Waals surface area contributed by atoms with E-state index in [0.717, 1.165) is 0 Å². The summed E-state index contributed by atoms with van der Waals surface area (Å²) in [6, 6.07) is -0.256. The van der Waals surface area contributed by atoms with E-state index >= 15 is 0 Å². The number of aromatic nitrogens is 2. The fraction of sp³-hybridized carbons (Fsp3) is 0.600. The number of hydrogen-bond acceptors (Lipinski definition) is 5. The smallest absolute Gasteiger partial charge is 0.274 e. The molecule has 1 unspecified atom stereocenters. The first-order chi connectivity index (χ1) is 8.10. The van der Waals surface area contributed by atoms with Crippen LogP contribution in [0.1, 0.15) is 22.6 Å². The Bertz CT molecular complexity index is 372. The highest BCUT2D eigenvalue weighted by Crippen LogP contribution is 2.12. The van der Waals surface area contributed by atoms with Crippen molar-refractivity contribution in [2.24, 2.45) is 0 Å². The molecule has 1 rings (SSSR count). The molecule has 0 saturated carbocycles. The molecule has 17 heavy (non-hydrogen) atoms. The summed E-state index contributed by atoms with van der Waals surface area (Å²) in [5, 5.41) is 18.0. The average Bonchev–Trinajstić information content (AvgIpc) is 2.60. The fourth-order valence-electron chi connectivity index (χ4n) is 1.42. The second-order valence-corrected chi connectivity index (χ2v) is 3.75. The molecule has 0 aromatic carbocycles. The van der Waals surface area contributed by atoms with Crippen LogP contribution in [0.25, 0.3) is 0 Å². The normalized spacial score (nSPS) is 12.4. The highest BCUT2D eigenvalue weighted by Gasteiger charge is 2.18. The fourth-order valence-corrected chi connectivity index (χ4v) is 1.42. The molecule has 1 heterocycles. The minimum Gasteiger partial charge on any atom is -0.396 e. The molecule has 0 saturated heterocycles. The number of aliphatic hydroxyl groups is 1. The molecule has 7 nitrogen and oxygen atoms in total. The Balaban J connectivity index is 2.66. The Morgan fingerprint density at radius 2 is 2.41 bits per heavy atom. The first-order valence-corrected chi connectivity index (χ1v) is 5.31. The summed E-state index contributed by atoms with van der Waals surface area (Å²) in [7, 11) is 1.53. The maximum Gasteiger partial charge on any atom is 0.274 e. The van der Waals surface area contributed by atoms with Gasteiger partial charge in [-0.2, -0.15) is 5.10 Å². The minimum absolute atomic E-state index is 0.0244. The van der Waals surface area contributed by atoms with E-state index in [1.807, 2.05) is 0 Å². The van der Waals surface area contributed by atoms with Crippen LogP contribution in [-0.4, -0.2) is 47.6 Å². The molecular weight excluding hydrogens is 224 g/mol. The summed E-state index contributed by atoms with van der Waals surface area (Å²) in [6.07, 6.45) is 0.420. The summed E-state index contributed by atoms with van der Waals surface area (Å²) >= 11 is 0. The second-order valence-electron chi connectivity index (χ2n) is 3.75. The number of aromatic amines is 1. The van der Waals surface area contributed by atoms with Crippen LogP contribution in [0, 0.1) is 6.92 Å². The number of ether oxygens (including phenoxy) is 1. The zero-order valence-corrected chi connectivity index (χ0v) is 9.99. The van der Waals surface area contributed by atoms with Crippen molar-refractivity contribution in [2.75, 3.05) is 26.1 Å². The summed E-state index contributed by atoms with van der Waals surface area (Å²) in [4.78, 5) is 11.8. The first kappa shape index (κ1) is 13.5. The van der Waals surface area contributed by atoms with Gasteiger partial charge in [-0.15, -0.1) is 0 Å². The number of hydrogen-bond donors (Lipinski definition) is 4. The van der Waals surface area contributed by atoms with Crippen molar-refractivity contribution in [3.63, 3.8) is 0 Å². The van der Waals surface area contributed by atoms with Gasteiger partial charge < -0.3 is 20.9 Å². The molecule has 1 amide bonds. The van der Waals surface area contributed by atoms with Gasteiger partial charge in [0.15, 0.2) is 5.69 Å². The van der Waals surface area contributed by atoms with Gasteiger partial charge in [0.1, 0.15) is 0 Å². The highest BCUT2D eigenvalue weighted by molar-refractivity contribution is 5.97. The van der Waals surface area contributed by atoms with Crippen molar-refractivity contribution < 1.29 is 14.6 Å². The number of nitrogens with two attached hydrogens (primary N) is 1. The molecule has 0 aliphatic heterocycles. The third-order valence-electron chi connectivity index (χ3n) is 2.39. The van der Waals surface area contributed by atoms with Gasteiger partial charge in [-0.3, -0.25) is 9.89 Å². The maximum atomic E-state index is 11.8. The number of H-pyrrole nitrogens is 1. The van der Waals surface area contributed by atoms with Crippen LogP contribution in [0.2, 0.25) is 0 Å². The van der Waals surface area contributed by atoms with Gasteiger partial charge in [0, 0.05) is 13.7 Å². The van der Waals surface area contributed by atoms with E-state index in [2.05, 4.69) is 15.5 Å². The summed E-state index contributed by atoms with van der Waals surface area (Å²) in [6.45, 7) is 2.04. The number of nitrogens with one attached hydrogen (secondary N) is 2. The van der Waals surface area contributed by atoms with Gasteiger partial charge in [0.05, 0.1) is 24.0 Å². The molecule has 0 bridgehead atoms. The molecular formula is C10H18N4O3. The van der Waals surface area contributed by atoms with Crippen LogP contribution in [0.15, 0.2) is 0 Å². The SMILES string of the molecule is COCC(CCO)NC(=O)c1n[nH]c(C)c1N. The topological polar surface area (TPSA) is 113 Å². The molecule has 7 heteroatoms. The van der Waals surface area contributed by atoms with Crippen molar-refractivity contribution >= 4 is 11.6 Å². The van der Waals surface area contributed by atoms with Crippen LogP contribution in [0.3, 0.4) is 0 Å². The summed E-state index contributed by atoms with van der Waals surface area (Å²) in [5.74, 6) is -0.373. The van der Waals surface area contributed by atoms with E-state index < -0.39 is 0 Å². The van der Waals surface area contributed by atoms with E-state index in [1.54, 1.807) is 6.92 Å². The van der Waals surface area contributed by atoms with E-state index in [9.17, 15) is 4.79 Å². The predicted octanol–water partition coefficient (Wildman–Crippen LogP) is -0.572. The summed E-state index contributed by atoms with van der Waals surface area (Å²) < 4.78 is 4.94. The zero-order chi connectivity index (χ0) is 12.8. The molecule has 0 radical (unpaired) electrons. The number of carbonyl (C=O) groups excluding carboxylic acids is 1. The van der Waals surface area contributed by atoms with Crippen molar-refractivity contribution in [3.05, 3.63) is 11.4 Å². The molecule has 0 aliphatic rings. The lowest BCUT2D eigenvalue weighted by Crippen LogP contribution is -2.39. The third-order valence-corrected chi connectivity index (χ3v) is 2.39. The average molecular weight is 242 g/mol. The molecule has 1 aromatic heterocycles. The molecule has 5 N–H and O–H groups in total. The van der Waals surface area contributed by atoms with E-state index in [4.69, 9.17) is 15.6 Å². The van der Waals surface area contributed by atoms with E-state index in [0.29, 0.717) is 24.4 Å².